The maximum absolute atomic E-state index is 12.2. The molecule has 1 atom stereocenters. The Morgan fingerprint density at radius 1 is 0.478 bits per heavy atom. The van der Waals surface area contributed by atoms with Gasteiger partial charge in [0.1, 0.15) is 6.61 Å². The Hall–Kier alpha value is -1.36. The smallest absolute Gasteiger partial charge is 0.306 e. The van der Waals surface area contributed by atoms with Gasteiger partial charge in [0.15, 0.2) is 6.10 Å². The highest BCUT2D eigenvalue weighted by molar-refractivity contribution is 5.70. The minimum absolute atomic E-state index is 0.0647. The predicted octanol–water partition coefficient (Wildman–Crippen LogP) is 12.5. The Morgan fingerprint density at radius 3 is 1.24 bits per heavy atom. The topological polar surface area (TPSA) is 72.8 Å². The van der Waals surface area contributed by atoms with E-state index in [1.807, 2.05) is 0 Å². The Morgan fingerprint density at radius 2 is 0.826 bits per heavy atom. The fourth-order valence-electron chi connectivity index (χ4n) is 5.95. The monoisotopic (exact) mass is 651 g/mol. The maximum Gasteiger partial charge on any atom is 0.306 e. The lowest BCUT2D eigenvalue weighted by Gasteiger charge is -2.15. The number of aliphatic hydroxyl groups is 1. The number of carbonyl (C=O) groups excluding carboxylic acids is 2. The van der Waals surface area contributed by atoms with Crippen LogP contribution >= 0.6 is 0 Å². The molecular formula is C41H78O5. The van der Waals surface area contributed by atoms with Crippen LogP contribution in [0.2, 0.25) is 0 Å². The van der Waals surface area contributed by atoms with Gasteiger partial charge in [-0.15, -0.1) is 0 Å². The van der Waals surface area contributed by atoms with E-state index in [0.29, 0.717) is 12.8 Å². The van der Waals surface area contributed by atoms with Gasteiger partial charge in [0.2, 0.25) is 0 Å². The van der Waals surface area contributed by atoms with Gasteiger partial charge in [-0.2, -0.15) is 0 Å². The Labute approximate surface area is 286 Å². The Kier molecular flexibility index (Phi) is 37.0. The second kappa shape index (κ2) is 38.1. The molecule has 272 valence electrons. The first kappa shape index (κ1) is 44.6. The highest BCUT2D eigenvalue weighted by Gasteiger charge is 2.16. The molecule has 0 saturated carbocycles. The molecule has 0 fully saturated rings. The molecule has 46 heavy (non-hydrogen) atoms. The van der Waals surface area contributed by atoms with Crippen LogP contribution in [0.15, 0.2) is 12.2 Å². The molecule has 5 nitrogen and oxygen atoms in total. The molecule has 0 unspecified atom stereocenters. The summed E-state index contributed by atoms with van der Waals surface area (Å²) in [6.07, 6.45) is 42.8. The van der Waals surface area contributed by atoms with Crippen LogP contribution in [0, 0.1) is 0 Å². The van der Waals surface area contributed by atoms with Crippen LogP contribution in [0.3, 0.4) is 0 Å². The summed E-state index contributed by atoms with van der Waals surface area (Å²) in [7, 11) is 0. The average molecular weight is 651 g/mol. The van der Waals surface area contributed by atoms with Crippen molar-refractivity contribution in [2.24, 2.45) is 0 Å². The van der Waals surface area contributed by atoms with E-state index in [2.05, 4.69) is 26.0 Å². The van der Waals surface area contributed by atoms with Gasteiger partial charge >= 0.3 is 11.9 Å². The van der Waals surface area contributed by atoms with Crippen molar-refractivity contribution in [1.29, 1.82) is 0 Å². The molecule has 5 heteroatoms. The molecule has 0 aliphatic carbocycles. The first-order valence-corrected chi connectivity index (χ1v) is 20.2. The van der Waals surface area contributed by atoms with Crippen molar-refractivity contribution in [2.75, 3.05) is 13.2 Å². The van der Waals surface area contributed by atoms with E-state index >= 15 is 0 Å². The second-order valence-electron chi connectivity index (χ2n) is 13.7. The summed E-state index contributed by atoms with van der Waals surface area (Å²) in [4.78, 5) is 24.2. The number of ether oxygens (including phenoxy) is 2. The normalized spacial score (nSPS) is 12.2. The zero-order valence-electron chi connectivity index (χ0n) is 30.9. The maximum atomic E-state index is 12.2. The van der Waals surface area contributed by atoms with Gasteiger partial charge in [-0.05, 0) is 32.1 Å². The number of hydrogen-bond acceptors (Lipinski definition) is 5. The van der Waals surface area contributed by atoms with Crippen LogP contribution in [0.25, 0.3) is 0 Å². The van der Waals surface area contributed by atoms with Gasteiger partial charge in [0.05, 0.1) is 6.61 Å². The van der Waals surface area contributed by atoms with Crippen molar-refractivity contribution in [3.05, 3.63) is 12.2 Å². The number of carbonyl (C=O) groups is 2. The lowest BCUT2D eigenvalue weighted by atomic mass is 10.0. The lowest BCUT2D eigenvalue weighted by molar-refractivity contribution is -0.161. The second-order valence-corrected chi connectivity index (χ2v) is 13.7. The van der Waals surface area contributed by atoms with Gasteiger partial charge < -0.3 is 14.6 Å². The highest BCUT2D eigenvalue weighted by atomic mass is 16.6. The summed E-state index contributed by atoms with van der Waals surface area (Å²) in [5.41, 5.74) is 0. The van der Waals surface area contributed by atoms with Crippen molar-refractivity contribution in [1.82, 2.24) is 0 Å². The zero-order valence-corrected chi connectivity index (χ0v) is 30.9. The number of esters is 2. The highest BCUT2D eigenvalue weighted by Crippen LogP contribution is 2.16. The molecular weight excluding hydrogens is 572 g/mol. The number of unbranched alkanes of at least 4 members (excludes halogenated alkanes) is 27. The first-order chi connectivity index (χ1) is 22.6. The summed E-state index contributed by atoms with van der Waals surface area (Å²) in [5, 5.41) is 9.54. The number of hydrogen-bond donors (Lipinski definition) is 1. The molecule has 0 aliphatic rings. The largest absolute Gasteiger partial charge is 0.462 e. The molecule has 0 aromatic rings. The van der Waals surface area contributed by atoms with Gasteiger partial charge in [-0.25, -0.2) is 0 Å². The average Bonchev–Trinajstić information content (AvgIpc) is 3.06. The van der Waals surface area contributed by atoms with Crippen LogP contribution in [-0.2, 0) is 19.1 Å². The van der Waals surface area contributed by atoms with Crippen molar-refractivity contribution < 1.29 is 24.2 Å². The lowest BCUT2D eigenvalue weighted by Crippen LogP contribution is -2.28. The fourth-order valence-corrected chi connectivity index (χ4v) is 5.95. The van der Waals surface area contributed by atoms with Crippen LogP contribution in [0.1, 0.15) is 219 Å². The van der Waals surface area contributed by atoms with E-state index in [9.17, 15) is 14.7 Å². The quantitative estimate of drug-likeness (QED) is 0.0411. The van der Waals surface area contributed by atoms with E-state index in [1.54, 1.807) is 0 Å². The minimum Gasteiger partial charge on any atom is -0.462 e. The predicted molar refractivity (Wildman–Crippen MR) is 196 cm³/mol. The third kappa shape index (κ3) is 35.5. The van der Waals surface area contributed by atoms with Gasteiger partial charge in [-0.1, -0.05) is 187 Å². The van der Waals surface area contributed by atoms with E-state index in [-0.39, 0.29) is 25.2 Å². The first-order valence-electron chi connectivity index (χ1n) is 20.2. The summed E-state index contributed by atoms with van der Waals surface area (Å²) in [6, 6.07) is 0. The van der Waals surface area contributed by atoms with Crippen molar-refractivity contribution in [2.45, 2.75) is 225 Å². The molecule has 0 rings (SSSR count). The molecule has 0 saturated heterocycles. The Balaban J connectivity index is 3.47. The van der Waals surface area contributed by atoms with Crippen molar-refractivity contribution in [3.63, 3.8) is 0 Å². The fraction of sp³-hybridized carbons (Fsp3) is 0.902. The number of allylic oxidation sites excluding steroid dienone is 2. The van der Waals surface area contributed by atoms with Crippen LogP contribution in [0.4, 0.5) is 0 Å². The molecule has 0 heterocycles. The Bertz CT molecular complexity index is 661. The standard InChI is InChI=1S/C41H78O5/c1-3-5-7-9-11-13-15-16-17-18-19-20-21-22-23-24-26-28-30-32-34-36-41(44)46-39(37-42)38-45-40(43)35-33-31-29-27-25-14-12-10-8-6-4-2/h10,12,39,42H,3-9,11,13-38H2,1-2H3/b12-10-/t39-/m0/s1. The van der Waals surface area contributed by atoms with E-state index in [1.165, 1.54) is 148 Å². The van der Waals surface area contributed by atoms with Gasteiger partial charge in [0.25, 0.3) is 0 Å². The van der Waals surface area contributed by atoms with E-state index in [4.69, 9.17) is 9.47 Å². The third-order valence-corrected chi connectivity index (χ3v) is 9.06. The van der Waals surface area contributed by atoms with E-state index in [0.717, 1.165) is 44.9 Å². The summed E-state index contributed by atoms with van der Waals surface area (Å²) >= 11 is 0. The molecule has 0 aliphatic heterocycles. The molecule has 0 bridgehead atoms. The molecule has 0 amide bonds. The van der Waals surface area contributed by atoms with Gasteiger partial charge in [0, 0.05) is 12.8 Å². The summed E-state index contributed by atoms with van der Waals surface area (Å²) in [5.74, 6) is -0.592. The summed E-state index contributed by atoms with van der Waals surface area (Å²) < 4.78 is 10.6. The zero-order chi connectivity index (χ0) is 33.6. The van der Waals surface area contributed by atoms with Crippen LogP contribution in [0.5, 0.6) is 0 Å². The van der Waals surface area contributed by atoms with Crippen molar-refractivity contribution >= 4 is 11.9 Å². The van der Waals surface area contributed by atoms with Crippen molar-refractivity contribution in [3.8, 4) is 0 Å². The summed E-state index contributed by atoms with van der Waals surface area (Å²) in [6.45, 7) is 4.11. The molecule has 1 N–H and O–H groups in total. The molecule has 0 spiro atoms. The van der Waals surface area contributed by atoms with Crippen LogP contribution in [-0.4, -0.2) is 36.4 Å². The molecule has 0 aromatic carbocycles. The number of aliphatic hydroxyl groups excluding tert-OH is 1. The molecule has 0 aromatic heterocycles. The van der Waals surface area contributed by atoms with Crippen LogP contribution < -0.4 is 0 Å². The minimum atomic E-state index is -0.767. The number of rotatable bonds is 37. The third-order valence-electron chi connectivity index (χ3n) is 9.06. The van der Waals surface area contributed by atoms with E-state index < -0.39 is 6.10 Å². The van der Waals surface area contributed by atoms with Gasteiger partial charge in [-0.3, -0.25) is 9.59 Å². The SMILES string of the molecule is CCCC/C=C\CCCCCCCC(=O)OC[C@H](CO)OC(=O)CCCCCCCCCCCCCCCCCCCCCCC. The molecule has 0 radical (unpaired) electrons.